The molecule has 0 aliphatic rings. The van der Waals surface area contributed by atoms with E-state index in [-0.39, 0.29) is 0 Å². The van der Waals surface area contributed by atoms with Crippen LogP contribution in [-0.4, -0.2) is 9.78 Å². The van der Waals surface area contributed by atoms with Crippen LogP contribution in [0.2, 0.25) is 5.02 Å². The van der Waals surface area contributed by atoms with Crippen molar-refractivity contribution in [1.82, 2.24) is 9.78 Å². The molecule has 19 heavy (non-hydrogen) atoms. The van der Waals surface area contributed by atoms with E-state index in [0.29, 0.717) is 5.02 Å². The lowest BCUT2D eigenvalue weighted by atomic mass is 10.3. The van der Waals surface area contributed by atoms with Crippen LogP contribution < -0.4 is 5.32 Å². The molecule has 0 aliphatic carbocycles. The van der Waals surface area contributed by atoms with Gasteiger partial charge < -0.3 is 5.32 Å². The third-order valence-electron chi connectivity index (χ3n) is 2.97. The average molecular weight is 343 g/mol. The summed E-state index contributed by atoms with van der Waals surface area (Å²) in [5.41, 5.74) is 3.24. The van der Waals surface area contributed by atoms with Gasteiger partial charge in [0.05, 0.1) is 28.6 Å². The Balaban J connectivity index is 2.11. The summed E-state index contributed by atoms with van der Waals surface area (Å²) in [6, 6.07) is 7.98. The molecule has 2 aromatic rings. The Morgan fingerprint density at radius 2 is 2.11 bits per heavy atom. The van der Waals surface area contributed by atoms with Crippen LogP contribution in [0.15, 0.2) is 28.7 Å². The molecule has 5 heteroatoms. The number of rotatable bonds is 5. The van der Waals surface area contributed by atoms with E-state index in [1.165, 1.54) is 5.69 Å². The van der Waals surface area contributed by atoms with E-state index in [9.17, 15) is 0 Å². The van der Waals surface area contributed by atoms with Crippen molar-refractivity contribution in [2.24, 2.45) is 0 Å². The van der Waals surface area contributed by atoms with Crippen LogP contribution in [-0.2, 0) is 19.5 Å². The first-order valence-electron chi connectivity index (χ1n) is 6.38. The van der Waals surface area contributed by atoms with Crippen molar-refractivity contribution < 1.29 is 0 Å². The number of hydrogen-bond donors (Lipinski definition) is 1. The highest BCUT2D eigenvalue weighted by atomic mass is 79.9. The van der Waals surface area contributed by atoms with Crippen LogP contribution in [0, 0.1) is 0 Å². The van der Waals surface area contributed by atoms with Crippen molar-refractivity contribution in [1.29, 1.82) is 0 Å². The fourth-order valence-corrected chi connectivity index (χ4v) is 2.66. The van der Waals surface area contributed by atoms with Crippen LogP contribution in [0.1, 0.15) is 25.2 Å². The largest absolute Gasteiger partial charge is 0.378 e. The topological polar surface area (TPSA) is 29.9 Å². The Hall–Kier alpha value is -1.00. The molecule has 0 amide bonds. The highest BCUT2D eigenvalue weighted by Crippen LogP contribution is 2.26. The molecule has 3 nitrogen and oxygen atoms in total. The summed E-state index contributed by atoms with van der Waals surface area (Å²) in [5, 5.41) is 8.60. The molecule has 0 bridgehead atoms. The average Bonchev–Trinajstić information content (AvgIpc) is 2.80. The smallest absolute Gasteiger partial charge is 0.0648 e. The lowest BCUT2D eigenvalue weighted by Crippen LogP contribution is -2.08. The molecule has 1 aromatic heterocycles. The molecular formula is C14H17BrClN3. The van der Waals surface area contributed by atoms with E-state index in [1.54, 1.807) is 0 Å². The number of hydrogen-bond acceptors (Lipinski definition) is 2. The summed E-state index contributed by atoms with van der Waals surface area (Å²) in [6.45, 7) is 5.82. The van der Waals surface area contributed by atoms with Gasteiger partial charge in [-0.1, -0.05) is 34.5 Å². The molecule has 0 saturated carbocycles. The van der Waals surface area contributed by atoms with Crippen LogP contribution in [0.25, 0.3) is 0 Å². The summed E-state index contributed by atoms with van der Waals surface area (Å²) in [6.07, 6.45) is 0.957. The van der Waals surface area contributed by atoms with Crippen molar-refractivity contribution in [2.75, 3.05) is 5.32 Å². The highest BCUT2D eigenvalue weighted by Gasteiger charge is 2.06. The Kier molecular flexibility index (Phi) is 4.88. The van der Waals surface area contributed by atoms with Gasteiger partial charge >= 0.3 is 0 Å². The second-order valence-corrected chi connectivity index (χ2v) is 5.60. The van der Waals surface area contributed by atoms with Crippen molar-refractivity contribution >= 4 is 33.2 Å². The molecule has 2 rings (SSSR count). The fraction of sp³-hybridized carbons (Fsp3) is 0.357. The molecule has 0 spiro atoms. The minimum atomic E-state index is 0.715. The summed E-state index contributed by atoms with van der Waals surface area (Å²) in [7, 11) is 0. The van der Waals surface area contributed by atoms with Gasteiger partial charge in [0.1, 0.15) is 0 Å². The van der Waals surface area contributed by atoms with E-state index in [1.807, 2.05) is 22.9 Å². The summed E-state index contributed by atoms with van der Waals surface area (Å²) in [4.78, 5) is 0. The van der Waals surface area contributed by atoms with E-state index in [4.69, 9.17) is 11.6 Å². The minimum absolute atomic E-state index is 0.715. The molecule has 0 atom stereocenters. The summed E-state index contributed by atoms with van der Waals surface area (Å²) in [5.74, 6) is 0. The standard InChI is InChI=1S/C14H17BrClN3/c1-3-11-8-12(19(4-2)18-11)9-17-14-6-5-10(15)7-13(14)16/h5-8,17H,3-4,9H2,1-2H3. The van der Waals surface area contributed by atoms with E-state index in [2.05, 4.69) is 46.3 Å². The lowest BCUT2D eigenvalue weighted by molar-refractivity contribution is 0.619. The monoisotopic (exact) mass is 341 g/mol. The number of halogens is 2. The van der Waals surface area contributed by atoms with E-state index < -0.39 is 0 Å². The van der Waals surface area contributed by atoms with Crippen LogP contribution in [0.4, 0.5) is 5.69 Å². The van der Waals surface area contributed by atoms with Gasteiger partial charge in [0.25, 0.3) is 0 Å². The van der Waals surface area contributed by atoms with Gasteiger partial charge in [-0.3, -0.25) is 4.68 Å². The second-order valence-electron chi connectivity index (χ2n) is 4.27. The molecule has 0 fully saturated rings. The zero-order valence-corrected chi connectivity index (χ0v) is 13.4. The Morgan fingerprint density at radius 3 is 2.74 bits per heavy atom. The molecular weight excluding hydrogens is 326 g/mol. The number of benzene rings is 1. The molecule has 0 unspecified atom stereocenters. The van der Waals surface area contributed by atoms with Gasteiger partial charge in [-0.2, -0.15) is 5.10 Å². The normalized spacial score (nSPS) is 10.7. The van der Waals surface area contributed by atoms with Crippen molar-refractivity contribution in [2.45, 2.75) is 33.4 Å². The molecule has 0 radical (unpaired) electrons. The van der Waals surface area contributed by atoms with Crippen LogP contribution in [0.3, 0.4) is 0 Å². The van der Waals surface area contributed by atoms with Crippen LogP contribution in [0.5, 0.6) is 0 Å². The molecule has 1 aromatic carbocycles. The molecule has 1 N–H and O–H groups in total. The molecule has 0 saturated heterocycles. The van der Waals surface area contributed by atoms with Crippen molar-refractivity contribution in [3.63, 3.8) is 0 Å². The fourth-order valence-electron chi connectivity index (χ4n) is 1.92. The third-order valence-corrected chi connectivity index (χ3v) is 3.77. The van der Waals surface area contributed by atoms with Gasteiger partial charge in [-0.15, -0.1) is 0 Å². The number of anilines is 1. The Morgan fingerprint density at radius 1 is 1.32 bits per heavy atom. The van der Waals surface area contributed by atoms with E-state index in [0.717, 1.165) is 35.4 Å². The number of nitrogens with zero attached hydrogens (tertiary/aromatic N) is 2. The number of nitrogens with one attached hydrogen (secondary N) is 1. The molecule has 1 heterocycles. The zero-order valence-electron chi connectivity index (χ0n) is 11.1. The van der Waals surface area contributed by atoms with Gasteiger partial charge in [0.15, 0.2) is 0 Å². The first kappa shape index (κ1) is 14.4. The van der Waals surface area contributed by atoms with E-state index >= 15 is 0 Å². The van der Waals surface area contributed by atoms with Gasteiger partial charge in [-0.25, -0.2) is 0 Å². The third kappa shape index (κ3) is 3.51. The van der Waals surface area contributed by atoms with Crippen molar-refractivity contribution in [3.05, 3.63) is 45.1 Å². The van der Waals surface area contributed by atoms with Gasteiger partial charge in [0.2, 0.25) is 0 Å². The first-order valence-corrected chi connectivity index (χ1v) is 7.55. The second kappa shape index (κ2) is 6.44. The molecule has 0 aliphatic heterocycles. The SMILES string of the molecule is CCc1cc(CNc2ccc(Br)cc2Cl)n(CC)n1. The predicted octanol–water partition coefficient (Wildman–Crippen LogP) is 4.49. The van der Waals surface area contributed by atoms with Gasteiger partial charge in [-0.05, 0) is 37.6 Å². The highest BCUT2D eigenvalue weighted by molar-refractivity contribution is 9.10. The van der Waals surface area contributed by atoms with Crippen molar-refractivity contribution in [3.8, 4) is 0 Å². The van der Waals surface area contributed by atoms with Gasteiger partial charge in [0, 0.05) is 11.0 Å². The maximum Gasteiger partial charge on any atom is 0.0648 e. The lowest BCUT2D eigenvalue weighted by Gasteiger charge is -2.09. The predicted molar refractivity (Wildman–Crippen MR) is 83.8 cm³/mol. The maximum absolute atomic E-state index is 6.19. The maximum atomic E-state index is 6.19. The molecule has 102 valence electrons. The summed E-state index contributed by atoms with van der Waals surface area (Å²) >= 11 is 9.59. The zero-order chi connectivity index (χ0) is 13.8. The van der Waals surface area contributed by atoms with Crippen LogP contribution >= 0.6 is 27.5 Å². The quantitative estimate of drug-likeness (QED) is 0.867. The number of aromatic nitrogens is 2. The summed E-state index contributed by atoms with van der Waals surface area (Å²) < 4.78 is 3.01. The first-order chi connectivity index (χ1) is 9.13. The Labute approximate surface area is 127 Å². The Bertz CT molecular complexity index is 566. The number of aryl methyl sites for hydroxylation is 2. The minimum Gasteiger partial charge on any atom is -0.378 e.